The van der Waals surface area contributed by atoms with Crippen LogP contribution in [0.15, 0.2) is 30.0 Å². The number of ether oxygens (including phenoxy) is 1. The number of nitro benzene ring substituents is 1. The highest BCUT2D eigenvalue weighted by Crippen LogP contribution is 2.29. The number of hydrogen-bond donors (Lipinski definition) is 3. The highest BCUT2D eigenvalue weighted by Gasteiger charge is 2.15. The molecule has 10 nitrogen and oxygen atoms in total. The zero-order valence-electron chi connectivity index (χ0n) is 13.4. The van der Waals surface area contributed by atoms with E-state index >= 15 is 0 Å². The third-order valence-corrected chi connectivity index (χ3v) is 2.98. The SMILES string of the molecule is COc1cc([N+](=O)[O-])ccc1NC(=O)/C(C#N)=C\NCCCNC=O. The lowest BCUT2D eigenvalue weighted by Gasteiger charge is -2.09. The fraction of sp³-hybridized carbons (Fsp3) is 0.267. The van der Waals surface area contributed by atoms with E-state index in [9.17, 15) is 19.7 Å². The predicted molar refractivity (Wildman–Crippen MR) is 88.7 cm³/mol. The van der Waals surface area contributed by atoms with Gasteiger partial charge in [-0.3, -0.25) is 19.7 Å². The molecular formula is C15H17N5O5. The smallest absolute Gasteiger partial charge is 0.273 e. The lowest BCUT2D eigenvalue weighted by molar-refractivity contribution is -0.384. The molecule has 0 aromatic heterocycles. The molecule has 0 saturated heterocycles. The summed E-state index contributed by atoms with van der Waals surface area (Å²) >= 11 is 0. The topological polar surface area (TPSA) is 146 Å². The minimum Gasteiger partial charge on any atom is -0.494 e. The molecule has 1 aromatic carbocycles. The summed E-state index contributed by atoms with van der Waals surface area (Å²) in [4.78, 5) is 32.3. The van der Waals surface area contributed by atoms with Crippen LogP contribution < -0.4 is 20.7 Å². The number of carbonyl (C=O) groups excluding carboxylic acids is 2. The van der Waals surface area contributed by atoms with E-state index in [0.29, 0.717) is 25.9 Å². The van der Waals surface area contributed by atoms with Gasteiger partial charge in [0.2, 0.25) is 6.41 Å². The van der Waals surface area contributed by atoms with Gasteiger partial charge in [-0.1, -0.05) is 0 Å². The molecule has 0 saturated carbocycles. The second-order valence-corrected chi connectivity index (χ2v) is 4.65. The minimum absolute atomic E-state index is 0.104. The van der Waals surface area contributed by atoms with Crippen molar-refractivity contribution in [3.05, 3.63) is 40.1 Å². The van der Waals surface area contributed by atoms with Crippen molar-refractivity contribution in [2.45, 2.75) is 6.42 Å². The first kappa shape index (κ1) is 19.4. The average Bonchev–Trinajstić information content (AvgIpc) is 2.61. The first-order valence-corrected chi connectivity index (χ1v) is 7.18. The molecule has 0 fully saturated rings. The number of nitrogens with one attached hydrogen (secondary N) is 3. The summed E-state index contributed by atoms with van der Waals surface area (Å²) in [5, 5.41) is 27.5. The van der Waals surface area contributed by atoms with Crippen molar-refractivity contribution in [3.63, 3.8) is 0 Å². The van der Waals surface area contributed by atoms with Gasteiger partial charge in [-0.2, -0.15) is 5.26 Å². The first-order valence-electron chi connectivity index (χ1n) is 7.18. The molecule has 1 rings (SSSR count). The van der Waals surface area contributed by atoms with E-state index in [1.54, 1.807) is 6.07 Å². The summed E-state index contributed by atoms with van der Waals surface area (Å²) < 4.78 is 5.01. The molecule has 0 unspecified atom stereocenters. The Morgan fingerprint density at radius 3 is 2.72 bits per heavy atom. The van der Waals surface area contributed by atoms with Crippen molar-refractivity contribution in [1.29, 1.82) is 5.26 Å². The zero-order chi connectivity index (χ0) is 18.7. The van der Waals surface area contributed by atoms with Crippen LogP contribution in [0.5, 0.6) is 5.75 Å². The van der Waals surface area contributed by atoms with Crippen molar-refractivity contribution < 1.29 is 19.2 Å². The Bertz CT molecular complexity index is 711. The minimum atomic E-state index is -0.687. The van der Waals surface area contributed by atoms with Crippen LogP contribution in [0.3, 0.4) is 0 Å². The first-order chi connectivity index (χ1) is 12.0. The van der Waals surface area contributed by atoms with Gasteiger partial charge in [0.1, 0.15) is 17.4 Å². The number of nitrogens with zero attached hydrogens (tertiary/aromatic N) is 2. The summed E-state index contributed by atoms with van der Waals surface area (Å²) in [6.07, 6.45) is 2.46. The fourth-order valence-corrected chi connectivity index (χ4v) is 1.76. The van der Waals surface area contributed by atoms with Crippen LogP contribution >= 0.6 is 0 Å². The molecule has 2 amide bonds. The fourth-order valence-electron chi connectivity index (χ4n) is 1.76. The Hall–Kier alpha value is -3.61. The van der Waals surface area contributed by atoms with E-state index in [-0.39, 0.29) is 22.7 Å². The van der Waals surface area contributed by atoms with Gasteiger partial charge in [-0.05, 0) is 12.5 Å². The molecule has 0 bridgehead atoms. The molecule has 0 spiro atoms. The maximum atomic E-state index is 12.1. The van der Waals surface area contributed by atoms with E-state index < -0.39 is 10.8 Å². The number of non-ortho nitro benzene ring substituents is 1. The quantitative estimate of drug-likeness (QED) is 0.141. The van der Waals surface area contributed by atoms with Crippen LogP contribution in [0.2, 0.25) is 0 Å². The Labute approximate surface area is 143 Å². The van der Waals surface area contributed by atoms with Gasteiger partial charge in [0.25, 0.3) is 11.6 Å². The summed E-state index contributed by atoms with van der Waals surface area (Å²) in [6.45, 7) is 0.929. The molecule has 25 heavy (non-hydrogen) atoms. The molecule has 0 aliphatic heterocycles. The monoisotopic (exact) mass is 347 g/mol. The molecule has 132 valence electrons. The second-order valence-electron chi connectivity index (χ2n) is 4.65. The third kappa shape index (κ3) is 6.19. The van der Waals surface area contributed by atoms with Gasteiger partial charge in [-0.25, -0.2) is 0 Å². The number of methoxy groups -OCH3 is 1. The Balaban J connectivity index is 2.74. The van der Waals surface area contributed by atoms with Crippen LogP contribution in [0.1, 0.15) is 6.42 Å². The average molecular weight is 347 g/mol. The van der Waals surface area contributed by atoms with Gasteiger partial charge in [-0.15, -0.1) is 0 Å². The van der Waals surface area contributed by atoms with Gasteiger partial charge >= 0.3 is 0 Å². The highest BCUT2D eigenvalue weighted by molar-refractivity contribution is 6.07. The van der Waals surface area contributed by atoms with Gasteiger partial charge in [0, 0.05) is 25.4 Å². The van der Waals surface area contributed by atoms with Crippen molar-refractivity contribution in [3.8, 4) is 11.8 Å². The van der Waals surface area contributed by atoms with Gasteiger partial charge in [0.05, 0.1) is 23.8 Å². The number of anilines is 1. The number of carbonyl (C=O) groups is 2. The van der Waals surface area contributed by atoms with Gasteiger partial charge < -0.3 is 20.7 Å². The summed E-state index contributed by atoms with van der Waals surface area (Å²) in [6, 6.07) is 5.46. The highest BCUT2D eigenvalue weighted by atomic mass is 16.6. The van der Waals surface area contributed by atoms with Crippen LogP contribution in [0.25, 0.3) is 0 Å². The molecule has 10 heteroatoms. The Kier molecular flexibility index (Phi) is 7.94. The van der Waals surface area contributed by atoms with E-state index in [4.69, 9.17) is 10.00 Å². The molecule has 0 atom stereocenters. The van der Waals surface area contributed by atoms with Crippen LogP contribution in [0, 0.1) is 21.4 Å². The number of nitriles is 1. The Morgan fingerprint density at radius 2 is 2.12 bits per heavy atom. The van der Waals surface area contributed by atoms with E-state index in [2.05, 4.69) is 16.0 Å². The summed E-state index contributed by atoms with van der Waals surface area (Å²) in [5.74, 6) is -0.582. The number of amides is 2. The number of rotatable bonds is 10. The zero-order valence-corrected chi connectivity index (χ0v) is 13.4. The Morgan fingerprint density at radius 1 is 1.40 bits per heavy atom. The van der Waals surface area contributed by atoms with Crippen molar-refractivity contribution >= 4 is 23.7 Å². The molecule has 0 radical (unpaired) electrons. The third-order valence-electron chi connectivity index (χ3n) is 2.98. The maximum absolute atomic E-state index is 12.1. The van der Waals surface area contributed by atoms with E-state index in [1.807, 2.05) is 0 Å². The standard InChI is InChI=1S/C15H17N5O5/c1-25-14-7-12(20(23)24)3-4-13(14)19-15(22)11(8-16)9-17-5-2-6-18-10-21/h3-4,7,9-10,17H,2,5-6H2,1H3,(H,18,21)(H,19,22)/b11-9-. The predicted octanol–water partition coefficient (Wildman–Crippen LogP) is 0.675. The molecule has 0 aliphatic carbocycles. The van der Waals surface area contributed by atoms with Crippen molar-refractivity contribution in [2.24, 2.45) is 0 Å². The van der Waals surface area contributed by atoms with E-state index in [1.165, 1.54) is 31.5 Å². The largest absolute Gasteiger partial charge is 0.494 e. The molecule has 0 aliphatic rings. The maximum Gasteiger partial charge on any atom is 0.273 e. The van der Waals surface area contributed by atoms with Crippen molar-refractivity contribution in [2.75, 3.05) is 25.5 Å². The van der Waals surface area contributed by atoms with E-state index in [0.717, 1.165) is 0 Å². The lowest BCUT2D eigenvalue weighted by Crippen LogP contribution is -2.20. The summed E-state index contributed by atoms with van der Waals surface area (Å²) in [7, 11) is 1.31. The number of hydrogen-bond acceptors (Lipinski definition) is 7. The van der Waals surface area contributed by atoms with Crippen LogP contribution in [-0.4, -0.2) is 37.4 Å². The molecule has 3 N–H and O–H groups in total. The summed E-state index contributed by atoms with van der Waals surface area (Å²) in [5.41, 5.74) is -0.158. The lowest BCUT2D eigenvalue weighted by atomic mass is 10.2. The van der Waals surface area contributed by atoms with Crippen molar-refractivity contribution in [1.82, 2.24) is 10.6 Å². The molecular weight excluding hydrogens is 330 g/mol. The molecule has 0 heterocycles. The normalized spacial score (nSPS) is 10.3. The van der Waals surface area contributed by atoms with Crippen LogP contribution in [0.4, 0.5) is 11.4 Å². The second kappa shape index (κ2) is 10.2. The number of benzene rings is 1. The molecule has 1 aromatic rings. The van der Waals surface area contributed by atoms with Gasteiger partial charge in [0.15, 0.2) is 0 Å². The van der Waals surface area contributed by atoms with Crippen LogP contribution in [-0.2, 0) is 9.59 Å². The number of nitro groups is 1.